The van der Waals surface area contributed by atoms with Gasteiger partial charge in [-0.3, -0.25) is 0 Å². The lowest BCUT2D eigenvalue weighted by Crippen LogP contribution is -2.33. The number of para-hydroxylation sites is 1. The molecule has 8 aromatic rings. The quantitative estimate of drug-likeness (QED) is 0.152. The Balaban J connectivity index is 1.21. The van der Waals surface area contributed by atoms with Gasteiger partial charge in [0, 0.05) is 36.6 Å². The molecule has 1 nitrogen and oxygen atoms in total. The van der Waals surface area contributed by atoms with E-state index in [-0.39, 0.29) is 0 Å². The van der Waals surface area contributed by atoms with Gasteiger partial charge in [-0.15, -0.1) is 11.3 Å². The molecule has 6 aromatic carbocycles. The lowest BCUT2D eigenvalue weighted by Gasteiger charge is -2.23. The van der Waals surface area contributed by atoms with Crippen LogP contribution in [0, 0.1) is 0 Å². The largest absolute Gasteiger partial charge is 0.309 e. The number of nitrogens with zero attached hydrogens (tertiary/aromatic N) is 1. The summed E-state index contributed by atoms with van der Waals surface area (Å²) in [5.41, 5.74) is 12.7. The van der Waals surface area contributed by atoms with Gasteiger partial charge >= 0.3 is 0 Å². The molecule has 0 saturated carbocycles. The lowest BCUT2D eigenvalue weighted by atomic mass is 9.81. The van der Waals surface area contributed by atoms with Gasteiger partial charge in [0.05, 0.1) is 11.0 Å². The second kappa shape index (κ2) is 13.5. The minimum atomic E-state index is 0.836. The molecule has 2 aliphatic carbocycles. The predicted octanol–water partition coefficient (Wildman–Crippen LogP) is 12.7. The molecule has 10 rings (SSSR count). The molecule has 256 valence electrons. The number of allylic oxidation sites excluding steroid dienone is 11. The minimum absolute atomic E-state index is 0.836. The zero-order chi connectivity index (χ0) is 36.0. The fraction of sp³-hybridized carbons (Fsp3) is 0.0385. The molecule has 0 unspecified atom stereocenters. The Bertz CT molecular complexity index is 3100. The maximum absolute atomic E-state index is 3.94. The molecule has 0 atom stereocenters. The Morgan fingerprint density at radius 2 is 1.39 bits per heavy atom. The van der Waals surface area contributed by atoms with E-state index in [0.29, 0.717) is 0 Å². The van der Waals surface area contributed by atoms with E-state index in [1.807, 2.05) is 23.5 Å². The first-order valence-corrected chi connectivity index (χ1v) is 19.5. The third-order valence-corrected chi connectivity index (χ3v) is 12.1. The molecule has 0 aliphatic heterocycles. The van der Waals surface area contributed by atoms with E-state index in [0.717, 1.165) is 18.5 Å². The van der Waals surface area contributed by atoms with Gasteiger partial charge in [-0.2, -0.15) is 0 Å². The molecule has 0 N–H and O–H groups in total. The average Bonchev–Trinajstić information content (AvgIpc) is 3.66. The van der Waals surface area contributed by atoms with Gasteiger partial charge in [-0.25, -0.2) is 0 Å². The van der Waals surface area contributed by atoms with Gasteiger partial charge in [0.2, 0.25) is 0 Å². The van der Waals surface area contributed by atoms with Crippen molar-refractivity contribution in [1.82, 2.24) is 4.57 Å². The smallest absolute Gasteiger partial charge is 0.0547 e. The van der Waals surface area contributed by atoms with Crippen LogP contribution in [0.15, 0.2) is 206 Å². The molecule has 2 aromatic heterocycles. The number of fused-ring (bicyclic) bond motifs is 7. The molecular formula is C52H37NS. The molecular weight excluding hydrogens is 671 g/mol. The topological polar surface area (TPSA) is 4.93 Å². The minimum Gasteiger partial charge on any atom is -0.309 e. The van der Waals surface area contributed by atoms with Gasteiger partial charge in [-0.1, -0.05) is 164 Å². The van der Waals surface area contributed by atoms with Gasteiger partial charge < -0.3 is 4.57 Å². The van der Waals surface area contributed by atoms with Crippen molar-refractivity contribution in [3.8, 4) is 11.1 Å². The monoisotopic (exact) mass is 707 g/mol. The van der Waals surface area contributed by atoms with Gasteiger partial charge in [0.25, 0.3) is 0 Å². The van der Waals surface area contributed by atoms with Crippen LogP contribution in [-0.4, -0.2) is 4.57 Å². The van der Waals surface area contributed by atoms with Crippen LogP contribution in [0.25, 0.3) is 69.9 Å². The van der Waals surface area contributed by atoms with Crippen LogP contribution in [-0.2, 0) is 0 Å². The SMILES string of the molecule is C=C/C=C\C=C1/CC(c2ccccc2)=c2ccccc2=C1C1=CC(n2c3ccccc3c3ccc(-c4cccc5c4sc4ccccc45)cc32)=CC=CC1. The summed E-state index contributed by atoms with van der Waals surface area (Å²) < 4.78 is 5.14. The summed E-state index contributed by atoms with van der Waals surface area (Å²) in [6, 6.07) is 51.2. The second-order valence-electron chi connectivity index (χ2n) is 14.0. The first kappa shape index (κ1) is 32.2. The highest BCUT2D eigenvalue weighted by Crippen LogP contribution is 2.42. The van der Waals surface area contributed by atoms with Crippen molar-refractivity contribution in [3.63, 3.8) is 0 Å². The van der Waals surface area contributed by atoms with E-state index >= 15 is 0 Å². The van der Waals surface area contributed by atoms with Gasteiger partial charge in [0.1, 0.15) is 0 Å². The van der Waals surface area contributed by atoms with Crippen LogP contribution in [0.4, 0.5) is 0 Å². The fourth-order valence-corrected chi connectivity index (χ4v) is 9.77. The van der Waals surface area contributed by atoms with Crippen LogP contribution < -0.4 is 10.4 Å². The molecule has 0 bridgehead atoms. The summed E-state index contributed by atoms with van der Waals surface area (Å²) in [6.07, 6.45) is 19.2. The molecule has 0 spiro atoms. The highest BCUT2D eigenvalue weighted by Gasteiger charge is 2.22. The van der Waals surface area contributed by atoms with E-state index in [9.17, 15) is 0 Å². The van der Waals surface area contributed by atoms with Crippen molar-refractivity contribution in [3.05, 3.63) is 222 Å². The number of hydrogen-bond acceptors (Lipinski definition) is 1. The number of benzene rings is 6. The highest BCUT2D eigenvalue weighted by molar-refractivity contribution is 7.26. The van der Waals surface area contributed by atoms with E-state index in [4.69, 9.17) is 0 Å². The van der Waals surface area contributed by atoms with Crippen LogP contribution >= 0.6 is 11.3 Å². The summed E-state index contributed by atoms with van der Waals surface area (Å²) in [6.45, 7) is 3.94. The number of aromatic nitrogens is 1. The van der Waals surface area contributed by atoms with Gasteiger partial charge in [0.15, 0.2) is 0 Å². The molecule has 0 saturated heterocycles. The lowest BCUT2D eigenvalue weighted by molar-refractivity contribution is 1.18. The number of rotatable bonds is 6. The Labute approximate surface area is 319 Å². The average molecular weight is 708 g/mol. The predicted molar refractivity (Wildman–Crippen MR) is 234 cm³/mol. The van der Waals surface area contributed by atoms with Crippen molar-refractivity contribution in [2.75, 3.05) is 0 Å². The Morgan fingerprint density at radius 1 is 0.630 bits per heavy atom. The molecule has 0 amide bonds. The van der Waals surface area contributed by atoms with Crippen molar-refractivity contribution in [1.29, 1.82) is 0 Å². The van der Waals surface area contributed by atoms with Crippen molar-refractivity contribution < 1.29 is 0 Å². The summed E-state index contributed by atoms with van der Waals surface area (Å²) in [5.74, 6) is 0. The summed E-state index contributed by atoms with van der Waals surface area (Å²) in [7, 11) is 0. The third-order valence-electron chi connectivity index (χ3n) is 10.9. The fourth-order valence-electron chi connectivity index (χ4n) is 8.53. The van der Waals surface area contributed by atoms with Crippen LogP contribution in [0.3, 0.4) is 0 Å². The molecule has 2 heteroatoms. The first-order valence-electron chi connectivity index (χ1n) is 18.7. The van der Waals surface area contributed by atoms with Gasteiger partial charge in [-0.05, 0) is 92.6 Å². The Kier molecular flexibility index (Phi) is 8.04. The van der Waals surface area contributed by atoms with Crippen LogP contribution in [0.5, 0.6) is 0 Å². The molecule has 2 heterocycles. The molecule has 54 heavy (non-hydrogen) atoms. The molecule has 0 radical (unpaired) electrons. The normalized spacial score (nSPS) is 15.4. The number of thiophene rings is 1. The zero-order valence-electron chi connectivity index (χ0n) is 29.9. The van der Waals surface area contributed by atoms with E-state index in [1.165, 1.54) is 91.4 Å². The number of hydrogen-bond donors (Lipinski definition) is 0. The standard InChI is InChI=1S/C52H37NS/c1-2-3-5-19-38-33-47(35-17-6-4-7-18-35)41-22-10-11-25-45(41)51(38)37-20-8-9-21-39(32-37)53-48-28-14-12-23-42(48)43-31-30-36(34-49(43)53)40-26-16-27-46-44-24-13-15-29-50(44)54-52(40)46/h2-19,21-32,34H,1,20,33H2/b5-3-,38-19+. The zero-order valence-corrected chi connectivity index (χ0v) is 30.7. The van der Waals surface area contributed by atoms with Crippen LogP contribution in [0.2, 0.25) is 0 Å². The van der Waals surface area contributed by atoms with E-state index < -0.39 is 0 Å². The Morgan fingerprint density at radius 3 is 2.28 bits per heavy atom. The van der Waals surface area contributed by atoms with E-state index in [1.54, 1.807) is 0 Å². The third kappa shape index (κ3) is 5.38. The summed E-state index contributed by atoms with van der Waals surface area (Å²) in [5, 5.41) is 7.75. The van der Waals surface area contributed by atoms with Crippen LogP contribution in [0.1, 0.15) is 18.4 Å². The van der Waals surface area contributed by atoms with Crippen molar-refractivity contribution in [2.24, 2.45) is 0 Å². The second-order valence-corrected chi connectivity index (χ2v) is 15.1. The molecule has 0 fully saturated rings. The van der Waals surface area contributed by atoms with Crippen molar-refractivity contribution >= 4 is 70.2 Å². The maximum atomic E-state index is 3.94. The maximum Gasteiger partial charge on any atom is 0.0547 e. The summed E-state index contributed by atoms with van der Waals surface area (Å²) >= 11 is 1.89. The highest BCUT2D eigenvalue weighted by atomic mass is 32.1. The summed E-state index contributed by atoms with van der Waals surface area (Å²) in [4.78, 5) is 0. The van der Waals surface area contributed by atoms with Crippen molar-refractivity contribution in [2.45, 2.75) is 12.8 Å². The Hall–Kier alpha value is -6.48. The molecule has 2 aliphatic rings. The first-order chi connectivity index (χ1) is 26.8. The van der Waals surface area contributed by atoms with E-state index in [2.05, 4.69) is 187 Å².